The largest absolute Gasteiger partial charge is 0.491 e. The number of ether oxygens (including phenoxy) is 1. The fraction of sp³-hybridized carbons (Fsp3) is 0.174. The summed E-state index contributed by atoms with van der Waals surface area (Å²) in [5, 5.41) is 10.6. The Morgan fingerprint density at radius 2 is 1.64 bits per heavy atom. The van der Waals surface area contributed by atoms with E-state index in [4.69, 9.17) is 9.72 Å². The van der Waals surface area contributed by atoms with Gasteiger partial charge in [0.1, 0.15) is 24.3 Å². The van der Waals surface area contributed by atoms with E-state index in [1.165, 1.54) is 5.56 Å². The van der Waals surface area contributed by atoms with Crippen LogP contribution in [0, 0.1) is 0 Å². The molecule has 1 heterocycles. The van der Waals surface area contributed by atoms with E-state index in [1.807, 2.05) is 66.7 Å². The number of hydrogen-bond donors (Lipinski definition) is 1. The molecule has 0 amide bonds. The van der Waals surface area contributed by atoms with Crippen LogP contribution in [0.1, 0.15) is 11.4 Å². The maximum Gasteiger partial charge on any atom is 0.119 e. The summed E-state index contributed by atoms with van der Waals surface area (Å²) in [7, 11) is 0. The number of hydrogen-bond acceptors (Lipinski definition) is 3. The van der Waals surface area contributed by atoms with E-state index in [0.29, 0.717) is 6.54 Å². The van der Waals surface area contributed by atoms with E-state index in [2.05, 4.69) is 32.6 Å². The maximum absolute atomic E-state index is 10.6. The Hall–Kier alpha value is -2.63. The number of aliphatic hydroxyl groups excluding tert-OH is 1. The zero-order chi connectivity index (χ0) is 19.3. The Kier molecular flexibility index (Phi) is 5.74. The molecule has 0 aliphatic heterocycles. The summed E-state index contributed by atoms with van der Waals surface area (Å²) >= 11 is 3.41. The van der Waals surface area contributed by atoms with Gasteiger partial charge in [-0.15, -0.1) is 0 Å². The van der Waals surface area contributed by atoms with E-state index >= 15 is 0 Å². The lowest BCUT2D eigenvalue weighted by Gasteiger charge is -2.16. The first kappa shape index (κ1) is 18.7. The van der Waals surface area contributed by atoms with Crippen molar-refractivity contribution in [2.45, 2.75) is 19.1 Å². The number of aromatic nitrogens is 2. The topological polar surface area (TPSA) is 47.3 Å². The number of para-hydroxylation sites is 2. The van der Waals surface area contributed by atoms with E-state index in [9.17, 15) is 5.11 Å². The van der Waals surface area contributed by atoms with Gasteiger partial charge in [0, 0.05) is 10.9 Å². The second-order valence-corrected chi connectivity index (χ2v) is 7.62. The molecule has 4 rings (SSSR count). The summed E-state index contributed by atoms with van der Waals surface area (Å²) in [5.74, 6) is 1.68. The van der Waals surface area contributed by atoms with Crippen LogP contribution >= 0.6 is 15.9 Å². The Morgan fingerprint density at radius 1 is 0.929 bits per heavy atom. The molecule has 0 saturated carbocycles. The molecule has 1 atom stereocenters. The van der Waals surface area contributed by atoms with Crippen LogP contribution < -0.4 is 4.74 Å². The Balaban J connectivity index is 1.52. The average Bonchev–Trinajstić information content (AvgIpc) is 3.05. The van der Waals surface area contributed by atoms with Crippen LogP contribution in [0.15, 0.2) is 83.3 Å². The zero-order valence-corrected chi connectivity index (χ0v) is 16.9. The second kappa shape index (κ2) is 8.59. The van der Waals surface area contributed by atoms with Crippen molar-refractivity contribution in [2.24, 2.45) is 0 Å². The zero-order valence-electron chi connectivity index (χ0n) is 15.3. The van der Waals surface area contributed by atoms with Gasteiger partial charge in [0.2, 0.25) is 0 Å². The fourth-order valence-electron chi connectivity index (χ4n) is 3.23. The third-order valence-corrected chi connectivity index (χ3v) is 5.12. The maximum atomic E-state index is 10.6. The van der Waals surface area contributed by atoms with Crippen LogP contribution in [0.4, 0.5) is 0 Å². The van der Waals surface area contributed by atoms with Crippen LogP contribution in [-0.2, 0) is 13.0 Å². The van der Waals surface area contributed by atoms with E-state index in [-0.39, 0.29) is 6.61 Å². The summed E-state index contributed by atoms with van der Waals surface area (Å²) in [6, 6.07) is 25.9. The molecule has 1 N–H and O–H groups in total. The van der Waals surface area contributed by atoms with Crippen molar-refractivity contribution in [1.29, 1.82) is 0 Å². The normalized spacial score (nSPS) is 12.2. The summed E-state index contributed by atoms with van der Waals surface area (Å²) in [5.41, 5.74) is 3.16. The van der Waals surface area contributed by atoms with Gasteiger partial charge in [0.25, 0.3) is 0 Å². The van der Waals surface area contributed by atoms with Gasteiger partial charge in [0.05, 0.1) is 17.6 Å². The van der Waals surface area contributed by atoms with Crippen molar-refractivity contribution in [3.63, 3.8) is 0 Å². The quantitative estimate of drug-likeness (QED) is 0.451. The van der Waals surface area contributed by atoms with Crippen LogP contribution in [0.25, 0.3) is 11.0 Å². The molecule has 0 radical (unpaired) electrons. The molecule has 0 aliphatic carbocycles. The molecule has 4 nitrogen and oxygen atoms in total. The van der Waals surface area contributed by atoms with Gasteiger partial charge in [-0.2, -0.15) is 0 Å². The standard InChI is InChI=1S/C23H21BrN2O2/c24-18-10-12-20(13-11-18)28-16-19(27)15-26-22-9-5-4-8-21(22)25-23(26)14-17-6-2-1-3-7-17/h1-13,19,27H,14-16H2/t19-/m0/s1. The van der Waals surface area contributed by atoms with Crippen LogP contribution in [0.2, 0.25) is 0 Å². The monoisotopic (exact) mass is 436 g/mol. The van der Waals surface area contributed by atoms with Gasteiger partial charge >= 0.3 is 0 Å². The minimum absolute atomic E-state index is 0.221. The highest BCUT2D eigenvalue weighted by molar-refractivity contribution is 9.10. The number of imidazole rings is 1. The van der Waals surface area contributed by atoms with Gasteiger partial charge in [0.15, 0.2) is 0 Å². The Morgan fingerprint density at radius 3 is 2.43 bits per heavy atom. The summed E-state index contributed by atoms with van der Waals surface area (Å²) in [6.45, 7) is 0.651. The van der Waals surface area contributed by atoms with Crippen LogP contribution in [0.5, 0.6) is 5.75 Å². The highest BCUT2D eigenvalue weighted by Gasteiger charge is 2.15. The van der Waals surface area contributed by atoms with Crippen molar-refractivity contribution >= 4 is 27.0 Å². The lowest BCUT2D eigenvalue weighted by Crippen LogP contribution is -2.24. The van der Waals surface area contributed by atoms with Crippen LogP contribution in [0.3, 0.4) is 0 Å². The predicted molar refractivity (Wildman–Crippen MR) is 115 cm³/mol. The summed E-state index contributed by atoms with van der Waals surface area (Å²) in [6.07, 6.45) is 0.0753. The number of benzene rings is 3. The van der Waals surface area contributed by atoms with Crippen molar-refractivity contribution in [2.75, 3.05) is 6.61 Å². The third kappa shape index (κ3) is 4.43. The average molecular weight is 437 g/mol. The Labute approximate surface area is 172 Å². The summed E-state index contributed by atoms with van der Waals surface area (Å²) < 4.78 is 8.83. The molecule has 0 fully saturated rings. The van der Waals surface area contributed by atoms with Crippen molar-refractivity contribution in [3.8, 4) is 5.75 Å². The predicted octanol–water partition coefficient (Wildman–Crippen LogP) is 4.83. The molecule has 0 unspecified atom stereocenters. The van der Waals surface area contributed by atoms with Gasteiger partial charge in [-0.1, -0.05) is 58.4 Å². The molecule has 0 bridgehead atoms. The molecule has 0 saturated heterocycles. The van der Waals surface area contributed by atoms with E-state index in [0.717, 1.165) is 33.5 Å². The molecule has 5 heteroatoms. The number of aliphatic hydroxyl groups is 1. The van der Waals surface area contributed by atoms with Crippen LogP contribution in [-0.4, -0.2) is 27.4 Å². The molecule has 3 aromatic carbocycles. The van der Waals surface area contributed by atoms with Crippen molar-refractivity contribution in [1.82, 2.24) is 9.55 Å². The highest BCUT2D eigenvalue weighted by Crippen LogP contribution is 2.20. The number of halogens is 1. The van der Waals surface area contributed by atoms with Crippen molar-refractivity contribution in [3.05, 3.63) is 94.7 Å². The smallest absolute Gasteiger partial charge is 0.119 e. The Bertz CT molecular complexity index is 1050. The van der Waals surface area contributed by atoms with Crippen molar-refractivity contribution < 1.29 is 9.84 Å². The minimum Gasteiger partial charge on any atom is -0.491 e. The third-order valence-electron chi connectivity index (χ3n) is 4.59. The first-order chi connectivity index (χ1) is 13.7. The van der Waals surface area contributed by atoms with E-state index < -0.39 is 6.10 Å². The molecule has 0 aliphatic rings. The first-order valence-corrected chi connectivity index (χ1v) is 10.0. The fourth-order valence-corrected chi connectivity index (χ4v) is 3.49. The van der Waals surface area contributed by atoms with Gasteiger partial charge < -0.3 is 14.4 Å². The van der Waals surface area contributed by atoms with E-state index in [1.54, 1.807) is 0 Å². The highest BCUT2D eigenvalue weighted by atomic mass is 79.9. The SMILES string of the molecule is O[C@H](COc1ccc(Br)cc1)Cn1c(Cc2ccccc2)nc2ccccc21. The molecule has 142 valence electrons. The second-order valence-electron chi connectivity index (χ2n) is 6.71. The van der Waals surface area contributed by atoms with Gasteiger partial charge in [-0.05, 0) is 42.0 Å². The molecular formula is C23H21BrN2O2. The molecular weight excluding hydrogens is 416 g/mol. The molecule has 4 aromatic rings. The minimum atomic E-state index is -0.643. The molecule has 28 heavy (non-hydrogen) atoms. The summed E-state index contributed by atoms with van der Waals surface area (Å²) in [4.78, 5) is 4.79. The first-order valence-electron chi connectivity index (χ1n) is 9.23. The molecule has 1 aromatic heterocycles. The lowest BCUT2D eigenvalue weighted by molar-refractivity contribution is 0.0928. The number of fused-ring (bicyclic) bond motifs is 1. The van der Waals surface area contributed by atoms with Gasteiger partial charge in [-0.3, -0.25) is 0 Å². The molecule has 0 spiro atoms. The number of nitrogens with zero attached hydrogens (tertiary/aromatic N) is 2. The van der Waals surface area contributed by atoms with Gasteiger partial charge in [-0.25, -0.2) is 4.98 Å². The number of rotatable bonds is 7. The lowest BCUT2D eigenvalue weighted by atomic mass is 10.1.